The van der Waals surface area contributed by atoms with Gasteiger partial charge in [-0.3, -0.25) is 9.59 Å². The molecule has 118 valence electrons. The van der Waals surface area contributed by atoms with E-state index in [1.807, 2.05) is 0 Å². The predicted octanol–water partition coefficient (Wildman–Crippen LogP) is 2.44. The summed E-state index contributed by atoms with van der Waals surface area (Å²) in [6.45, 7) is 0. The molecule has 2 N–H and O–H groups in total. The van der Waals surface area contributed by atoms with Gasteiger partial charge in [0.1, 0.15) is 5.75 Å². The van der Waals surface area contributed by atoms with Crippen molar-refractivity contribution in [1.29, 1.82) is 0 Å². The normalized spacial score (nSPS) is 10.3. The van der Waals surface area contributed by atoms with E-state index in [0.29, 0.717) is 22.0 Å². The molecule has 2 rings (SSSR count). The third kappa shape index (κ3) is 4.82. The lowest BCUT2D eigenvalue weighted by atomic mass is 10.2. The monoisotopic (exact) mass is 331 g/mol. The zero-order valence-corrected chi connectivity index (χ0v) is 13.0. The van der Waals surface area contributed by atoms with E-state index < -0.39 is 11.8 Å². The van der Waals surface area contributed by atoms with Gasteiger partial charge in [0.15, 0.2) is 0 Å². The van der Waals surface area contributed by atoms with Crippen molar-refractivity contribution in [2.45, 2.75) is 0 Å². The fourth-order valence-corrected chi connectivity index (χ4v) is 1.84. The SMILES string of the molecule is COc1ccc(NC(=O)C(=O)NN=Cc2ccccc2Cl)cc1. The highest BCUT2D eigenvalue weighted by Crippen LogP contribution is 2.15. The Kier molecular flexibility index (Phi) is 5.71. The van der Waals surface area contributed by atoms with Crippen molar-refractivity contribution in [3.63, 3.8) is 0 Å². The molecule has 6 nitrogen and oxygen atoms in total. The molecule has 7 heteroatoms. The molecule has 0 aromatic heterocycles. The van der Waals surface area contributed by atoms with Crippen molar-refractivity contribution >= 4 is 35.3 Å². The second kappa shape index (κ2) is 7.95. The Labute approximate surface area is 138 Å². The third-order valence-corrected chi connectivity index (χ3v) is 3.17. The van der Waals surface area contributed by atoms with E-state index in [4.69, 9.17) is 16.3 Å². The Balaban J connectivity index is 1.89. The summed E-state index contributed by atoms with van der Waals surface area (Å²) in [6.07, 6.45) is 1.36. The van der Waals surface area contributed by atoms with Crippen molar-refractivity contribution < 1.29 is 14.3 Å². The van der Waals surface area contributed by atoms with Crippen LogP contribution in [0.3, 0.4) is 0 Å². The molecule has 0 saturated carbocycles. The van der Waals surface area contributed by atoms with E-state index >= 15 is 0 Å². The maximum absolute atomic E-state index is 11.7. The van der Waals surface area contributed by atoms with Crippen LogP contribution in [0.15, 0.2) is 53.6 Å². The number of amides is 2. The van der Waals surface area contributed by atoms with Gasteiger partial charge in [0.25, 0.3) is 0 Å². The molecule has 23 heavy (non-hydrogen) atoms. The van der Waals surface area contributed by atoms with Crippen LogP contribution in [0.4, 0.5) is 5.69 Å². The van der Waals surface area contributed by atoms with Crippen LogP contribution in [-0.2, 0) is 9.59 Å². The van der Waals surface area contributed by atoms with E-state index in [1.54, 1.807) is 48.5 Å². The lowest BCUT2D eigenvalue weighted by Gasteiger charge is -2.05. The molecule has 0 heterocycles. The Morgan fingerprint density at radius 1 is 1.09 bits per heavy atom. The largest absolute Gasteiger partial charge is 0.497 e. The van der Waals surface area contributed by atoms with Crippen LogP contribution in [0, 0.1) is 0 Å². The lowest BCUT2D eigenvalue weighted by molar-refractivity contribution is -0.136. The van der Waals surface area contributed by atoms with Gasteiger partial charge in [-0.15, -0.1) is 0 Å². The Morgan fingerprint density at radius 2 is 1.78 bits per heavy atom. The van der Waals surface area contributed by atoms with Crippen LogP contribution in [-0.4, -0.2) is 25.1 Å². The van der Waals surface area contributed by atoms with Crippen molar-refractivity contribution in [2.24, 2.45) is 5.10 Å². The number of hydrogen-bond donors (Lipinski definition) is 2. The summed E-state index contributed by atoms with van der Waals surface area (Å²) in [6, 6.07) is 13.6. The first-order chi connectivity index (χ1) is 11.1. The lowest BCUT2D eigenvalue weighted by Crippen LogP contribution is -2.32. The summed E-state index contributed by atoms with van der Waals surface area (Å²) in [5.41, 5.74) is 3.24. The van der Waals surface area contributed by atoms with Gasteiger partial charge >= 0.3 is 11.8 Å². The summed E-state index contributed by atoms with van der Waals surface area (Å²) in [4.78, 5) is 23.4. The number of anilines is 1. The standard InChI is InChI=1S/C16H14ClN3O3/c1-23-13-8-6-12(7-9-13)19-15(21)16(22)20-18-10-11-4-2-3-5-14(11)17/h2-10H,1H3,(H,19,21)(H,20,22). The molecular weight excluding hydrogens is 318 g/mol. The van der Waals surface area contributed by atoms with E-state index in [2.05, 4.69) is 15.8 Å². The van der Waals surface area contributed by atoms with Gasteiger partial charge < -0.3 is 10.1 Å². The van der Waals surface area contributed by atoms with Crippen LogP contribution in [0.25, 0.3) is 0 Å². The first-order valence-electron chi connectivity index (χ1n) is 6.63. The van der Waals surface area contributed by atoms with Crippen LogP contribution in [0.1, 0.15) is 5.56 Å². The smallest absolute Gasteiger partial charge is 0.329 e. The number of rotatable bonds is 4. The zero-order chi connectivity index (χ0) is 16.7. The van der Waals surface area contributed by atoms with Crippen molar-refractivity contribution in [3.8, 4) is 5.75 Å². The summed E-state index contributed by atoms with van der Waals surface area (Å²) < 4.78 is 5.00. The van der Waals surface area contributed by atoms with Gasteiger partial charge in [0.2, 0.25) is 0 Å². The maximum atomic E-state index is 11.7. The topological polar surface area (TPSA) is 79.8 Å². The minimum atomic E-state index is -0.885. The Morgan fingerprint density at radius 3 is 2.43 bits per heavy atom. The molecule has 0 radical (unpaired) electrons. The number of nitrogens with one attached hydrogen (secondary N) is 2. The molecule has 2 aromatic rings. The molecule has 0 unspecified atom stereocenters. The molecule has 2 amide bonds. The minimum Gasteiger partial charge on any atom is -0.497 e. The highest BCUT2D eigenvalue weighted by atomic mass is 35.5. The number of methoxy groups -OCH3 is 1. The first-order valence-corrected chi connectivity index (χ1v) is 7.01. The van der Waals surface area contributed by atoms with Gasteiger partial charge in [-0.1, -0.05) is 29.8 Å². The summed E-state index contributed by atoms with van der Waals surface area (Å²) in [5, 5.41) is 6.64. The number of halogens is 1. The van der Waals surface area contributed by atoms with E-state index in [-0.39, 0.29) is 0 Å². The molecule has 0 saturated heterocycles. The third-order valence-electron chi connectivity index (χ3n) is 2.83. The van der Waals surface area contributed by atoms with Gasteiger partial charge in [-0.25, -0.2) is 5.43 Å². The number of hydrogen-bond acceptors (Lipinski definition) is 4. The minimum absolute atomic E-state index is 0.473. The Bertz CT molecular complexity index is 730. The van der Waals surface area contributed by atoms with E-state index in [9.17, 15) is 9.59 Å². The number of benzene rings is 2. The van der Waals surface area contributed by atoms with Crippen LogP contribution >= 0.6 is 11.6 Å². The molecular formula is C16H14ClN3O3. The second-order valence-electron chi connectivity index (χ2n) is 4.40. The molecule has 0 bridgehead atoms. The molecule has 0 aliphatic carbocycles. The van der Waals surface area contributed by atoms with Gasteiger partial charge in [0.05, 0.1) is 13.3 Å². The zero-order valence-electron chi connectivity index (χ0n) is 12.2. The van der Waals surface area contributed by atoms with Gasteiger partial charge in [-0.05, 0) is 30.3 Å². The summed E-state index contributed by atoms with van der Waals surface area (Å²) in [7, 11) is 1.54. The molecule has 0 fully saturated rings. The number of ether oxygens (including phenoxy) is 1. The fourth-order valence-electron chi connectivity index (χ4n) is 1.65. The summed E-state index contributed by atoms with van der Waals surface area (Å²) in [5.74, 6) is -1.06. The quantitative estimate of drug-likeness (QED) is 0.513. The number of carbonyl (C=O) groups excluding carboxylic acids is 2. The first kappa shape index (κ1) is 16.5. The van der Waals surface area contributed by atoms with Crippen molar-refractivity contribution in [1.82, 2.24) is 5.43 Å². The van der Waals surface area contributed by atoms with Gasteiger partial charge in [-0.2, -0.15) is 5.10 Å². The van der Waals surface area contributed by atoms with Crippen molar-refractivity contribution in [3.05, 3.63) is 59.1 Å². The molecule has 0 atom stereocenters. The van der Waals surface area contributed by atoms with Gasteiger partial charge in [0, 0.05) is 16.3 Å². The van der Waals surface area contributed by atoms with Crippen LogP contribution in [0.5, 0.6) is 5.75 Å². The van der Waals surface area contributed by atoms with Crippen LogP contribution in [0.2, 0.25) is 5.02 Å². The van der Waals surface area contributed by atoms with E-state index in [0.717, 1.165) is 0 Å². The highest BCUT2D eigenvalue weighted by molar-refractivity contribution is 6.39. The average Bonchev–Trinajstić information content (AvgIpc) is 2.57. The molecule has 0 aliphatic rings. The molecule has 0 spiro atoms. The number of carbonyl (C=O) groups is 2. The predicted molar refractivity (Wildman–Crippen MR) is 88.8 cm³/mol. The number of nitrogens with zero attached hydrogens (tertiary/aromatic N) is 1. The number of hydrazone groups is 1. The fraction of sp³-hybridized carbons (Fsp3) is 0.0625. The summed E-state index contributed by atoms with van der Waals surface area (Å²) >= 11 is 5.94. The molecule has 0 aliphatic heterocycles. The highest BCUT2D eigenvalue weighted by Gasteiger charge is 2.12. The van der Waals surface area contributed by atoms with E-state index in [1.165, 1.54) is 13.3 Å². The maximum Gasteiger partial charge on any atom is 0.329 e. The second-order valence-corrected chi connectivity index (χ2v) is 4.81. The Hall–Kier alpha value is -2.86. The van der Waals surface area contributed by atoms with Crippen LogP contribution < -0.4 is 15.5 Å². The molecule has 2 aromatic carbocycles. The average molecular weight is 332 g/mol. The van der Waals surface area contributed by atoms with Crippen molar-refractivity contribution in [2.75, 3.05) is 12.4 Å².